The second-order valence-corrected chi connectivity index (χ2v) is 5.37. The zero-order valence-electron chi connectivity index (χ0n) is 11.2. The lowest BCUT2D eigenvalue weighted by Gasteiger charge is -2.21. The Kier molecular flexibility index (Phi) is 6.61. The van der Waals surface area contributed by atoms with Crippen LogP contribution in [0.4, 0.5) is 0 Å². The van der Waals surface area contributed by atoms with Gasteiger partial charge in [-0.3, -0.25) is 0 Å². The Morgan fingerprint density at radius 1 is 1.29 bits per heavy atom. The summed E-state index contributed by atoms with van der Waals surface area (Å²) in [7, 11) is 0. The van der Waals surface area contributed by atoms with Crippen LogP contribution in [0.2, 0.25) is 5.02 Å². The molecule has 0 aromatic heterocycles. The zero-order chi connectivity index (χ0) is 12.7. The number of rotatable bonds is 7. The molecule has 0 bridgehead atoms. The molecule has 0 fully saturated rings. The lowest BCUT2D eigenvalue weighted by atomic mass is 9.97. The minimum absolute atomic E-state index is 0.638. The van der Waals surface area contributed by atoms with E-state index in [2.05, 4.69) is 38.2 Å². The number of aryl methyl sites for hydroxylation is 1. The quantitative estimate of drug-likeness (QED) is 0.764. The number of nitrogens with one attached hydrogen (secondary N) is 1. The van der Waals surface area contributed by atoms with Crippen molar-refractivity contribution >= 4 is 11.6 Å². The fourth-order valence-corrected chi connectivity index (χ4v) is 2.36. The van der Waals surface area contributed by atoms with Crippen LogP contribution in [0.15, 0.2) is 24.3 Å². The molecule has 1 N–H and O–H groups in total. The van der Waals surface area contributed by atoms with Crippen molar-refractivity contribution in [1.82, 2.24) is 5.32 Å². The maximum atomic E-state index is 5.97. The van der Waals surface area contributed by atoms with Crippen LogP contribution < -0.4 is 5.32 Å². The number of halogens is 1. The number of hydrogen-bond donors (Lipinski definition) is 1. The van der Waals surface area contributed by atoms with E-state index in [4.69, 9.17) is 11.6 Å². The zero-order valence-corrected chi connectivity index (χ0v) is 11.9. The lowest BCUT2D eigenvalue weighted by molar-refractivity contribution is 0.377. The third-order valence-corrected chi connectivity index (χ3v) is 3.38. The summed E-state index contributed by atoms with van der Waals surface area (Å²) in [5.41, 5.74) is 1.34. The average molecular weight is 254 g/mol. The van der Waals surface area contributed by atoms with Crippen molar-refractivity contribution in [3.63, 3.8) is 0 Å². The minimum atomic E-state index is 0.638. The molecule has 1 aromatic carbocycles. The van der Waals surface area contributed by atoms with E-state index >= 15 is 0 Å². The molecule has 0 aliphatic rings. The Morgan fingerprint density at radius 2 is 2.06 bits per heavy atom. The first-order valence-electron chi connectivity index (χ1n) is 6.61. The van der Waals surface area contributed by atoms with Gasteiger partial charge in [-0.1, -0.05) is 44.5 Å². The standard InChI is InChI=1S/C15H24ClN/c1-4-17-15(12(2)3)10-6-8-13-7-5-9-14(16)11-13/h5,7,9,11-12,15,17H,4,6,8,10H2,1-3H3. The van der Waals surface area contributed by atoms with Gasteiger partial charge >= 0.3 is 0 Å². The largest absolute Gasteiger partial charge is 0.314 e. The van der Waals surface area contributed by atoms with Crippen molar-refractivity contribution < 1.29 is 0 Å². The van der Waals surface area contributed by atoms with Crippen LogP contribution >= 0.6 is 11.6 Å². The van der Waals surface area contributed by atoms with Gasteiger partial charge in [0.15, 0.2) is 0 Å². The summed E-state index contributed by atoms with van der Waals surface area (Å²) in [6.45, 7) is 7.80. The van der Waals surface area contributed by atoms with Gasteiger partial charge in [0, 0.05) is 11.1 Å². The first-order chi connectivity index (χ1) is 8.13. The molecule has 1 nitrogen and oxygen atoms in total. The Balaban J connectivity index is 2.35. The van der Waals surface area contributed by atoms with Gasteiger partial charge in [0.25, 0.3) is 0 Å². The highest BCUT2D eigenvalue weighted by Crippen LogP contribution is 2.15. The molecule has 0 radical (unpaired) electrons. The highest BCUT2D eigenvalue weighted by Gasteiger charge is 2.11. The predicted molar refractivity (Wildman–Crippen MR) is 76.7 cm³/mol. The summed E-state index contributed by atoms with van der Waals surface area (Å²) in [6.07, 6.45) is 3.57. The van der Waals surface area contributed by atoms with Crippen molar-refractivity contribution in [2.45, 2.75) is 46.1 Å². The predicted octanol–water partition coefficient (Wildman–Crippen LogP) is 4.30. The maximum absolute atomic E-state index is 5.97. The maximum Gasteiger partial charge on any atom is 0.0408 e. The van der Waals surface area contributed by atoms with Crippen LogP contribution in [0.1, 0.15) is 39.2 Å². The van der Waals surface area contributed by atoms with Crippen molar-refractivity contribution in [2.24, 2.45) is 5.92 Å². The van der Waals surface area contributed by atoms with E-state index in [1.807, 2.05) is 12.1 Å². The summed E-state index contributed by atoms with van der Waals surface area (Å²) in [5.74, 6) is 0.703. The normalized spacial score (nSPS) is 13.0. The first-order valence-corrected chi connectivity index (χ1v) is 6.99. The van der Waals surface area contributed by atoms with Crippen LogP contribution in [0.3, 0.4) is 0 Å². The molecule has 0 saturated heterocycles. The van der Waals surface area contributed by atoms with Crippen molar-refractivity contribution in [1.29, 1.82) is 0 Å². The highest BCUT2D eigenvalue weighted by molar-refractivity contribution is 6.30. The van der Waals surface area contributed by atoms with Gasteiger partial charge in [-0.2, -0.15) is 0 Å². The molecule has 0 aliphatic carbocycles. The monoisotopic (exact) mass is 253 g/mol. The van der Waals surface area contributed by atoms with Crippen LogP contribution in [-0.2, 0) is 6.42 Å². The van der Waals surface area contributed by atoms with Crippen molar-refractivity contribution in [3.05, 3.63) is 34.9 Å². The molecular formula is C15H24ClN. The third-order valence-electron chi connectivity index (χ3n) is 3.14. The van der Waals surface area contributed by atoms with E-state index in [1.54, 1.807) is 0 Å². The first kappa shape index (κ1) is 14.5. The van der Waals surface area contributed by atoms with Gasteiger partial charge in [0.05, 0.1) is 0 Å². The molecule has 96 valence electrons. The number of hydrogen-bond acceptors (Lipinski definition) is 1. The third kappa shape index (κ3) is 5.56. The second-order valence-electron chi connectivity index (χ2n) is 4.93. The molecule has 0 heterocycles. The van der Waals surface area contributed by atoms with Gasteiger partial charge in [-0.05, 0) is 49.4 Å². The van der Waals surface area contributed by atoms with Gasteiger partial charge < -0.3 is 5.32 Å². The summed E-state index contributed by atoms with van der Waals surface area (Å²) in [5, 5.41) is 4.40. The van der Waals surface area contributed by atoms with E-state index in [0.717, 1.165) is 18.0 Å². The highest BCUT2D eigenvalue weighted by atomic mass is 35.5. The van der Waals surface area contributed by atoms with Gasteiger partial charge in [0.1, 0.15) is 0 Å². The van der Waals surface area contributed by atoms with Crippen molar-refractivity contribution in [2.75, 3.05) is 6.54 Å². The molecule has 1 rings (SSSR count). The molecular weight excluding hydrogens is 230 g/mol. The Labute approximate surface area is 111 Å². The Hall–Kier alpha value is -0.530. The Morgan fingerprint density at radius 3 is 2.65 bits per heavy atom. The summed E-state index contributed by atoms with van der Waals surface area (Å²) >= 11 is 5.97. The van der Waals surface area contributed by atoms with Gasteiger partial charge in [0.2, 0.25) is 0 Å². The molecule has 17 heavy (non-hydrogen) atoms. The Bertz CT molecular complexity index is 322. The van der Waals surface area contributed by atoms with Crippen molar-refractivity contribution in [3.8, 4) is 0 Å². The van der Waals surface area contributed by atoms with E-state index in [9.17, 15) is 0 Å². The minimum Gasteiger partial charge on any atom is -0.314 e. The molecule has 1 aromatic rings. The topological polar surface area (TPSA) is 12.0 Å². The fourth-order valence-electron chi connectivity index (χ4n) is 2.15. The molecule has 0 saturated carbocycles. The number of benzene rings is 1. The summed E-state index contributed by atoms with van der Waals surface area (Å²) in [6, 6.07) is 8.82. The average Bonchev–Trinajstić information content (AvgIpc) is 2.28. The van der Waals surface area contributed by atoms with Gasteiger partial charge in [-0.25, -0.2) is 0 Å². The van der Waals surface area contributed by atoms with Gasteiger partial charge in [-0.15, -0.1) is 0 Å². The van der Waals surface area contributed by atoms with E-state index in [1.165, 1.54) is 18.4 Å². The molecule has 0 amide bonds. The molecule has 2 heteroatoms. The van der Waals surface area contributed by atoms with Crippen LogP contribution in [0.25, 0.3) is 0 Å². The lowest BCUT2D eigenvalue weighted by Crippen LogP contribution is -2.33. The van der Waals surface area contributed by atoms with E-state index in [-0.39, 0.29) is 0 Å². The van der Waals surface area contributed by atoms with Crippen LogP contribution in [0, 0.1) is 5.92 Å². The van der Waals surface area contributed by atoms with Crippen LogP contribution in [0.5, 0.6) is 0 Å². The summed E-state index contributed by atoms with van der Waals surface area (Å²) in [4.78, 5) is 0. The smallest absolute Gasteiger partial charge is 0.0408 e. The van der Waals surface area contributed by atoms with E-state index < -0.39 is 0 Å². The van der Waals surface area contributed by atoms with E-state index in [0.29, 0.717) is 12.0 Å². The summed E-state index contributed by atoms with van der Waals surface area (Å²) < 4.78 is 0. The molecule has 1 unspecified atom stereocenters. The van der Waals surface area contributed by atoms with Crippen LogP contribution in [-0.4, -0.2) is 12.6 Å². The SMILES string of the molecule is CCNC(CCCc1cccc(Cl)c1)C(C)C. The molecule has 0 spiro atoms. The molecule has 1 atom stereocenters. The molecule has 0 aliphatic heterocycles. The fraction of sp³-hybridized carbons (Fsp3) is 0.600. The second kappa shape index (κ2) is 7.73.